The van der Waals surface area contributed by atoms with Crippen LogP contribution in [0.5, 0.6) is 0 Å². The molecule has 10 aromatic carbocycles. The normalized spacial score (nSPS) is 11.8. The summed E-state index contributed by atoms with van der Waals surface area (Å²) in [5.41, 5.74) is 12.0. The lowest BCUT2D eigenvalue weighted by molar-refractivity contribution is 0.668. The molecule has 0 spiro atoms. The summed E-state index contributed by atoms with van der Waals surface area (Å²) in [4.78, 5) is 15.6. The van der Waals surface area contributed by atoms with Crippen molar-refractivity contribution in [2.45, 2.75) is 0 Å². The summed E-state index contributed by atoms with van der Waals surface area (Å²) >= 11 is 0. The van der Waals surface area contributed by atoms with Crippen LogP contribution in [-0.4, -0.2) is 19.5 Å². The van der Waals surface area contributed by atoms with Gasteiger partial charge < -0.3 is 8.98 Å². The van der Waals surface area contributed by atoms with Gasteiger partial charge in [0.25, 0.3) is 0 Å². The van der Waals surface area contributed by atoms with E-state index >= 15 is 0 Å². The molecule has 0 radical (unpaired) electrons. The number of nitrogens with zero attached hydrogens (tertiary/aromatic N) is 4. The van der Waals surface area contributed by atoms with E-state index in [0.717, 1.165) is 77.6 Å². The number of hydrogen-bond donors (Lipinski definition) is 0. The van der Waals surface area contributed by atoms with Crippen LogP contribution in [0.2, 0.25) is 0 Å². The maximum absolute atomic E-state index is 6.92. The van der Waals surface area contributed by atoms with Gasteiger partial charge in [0.2, 0.25) is 0 Å². The lowest BCUT2D eigenvalue weighted by Crippen LogP contribution is -2.00. The topological polar surface area (TPSA) is 56.7 Å². The number of furan rings is 1. The molecule has 64 heavy (non-hydrogen) atoms. The Morgan fingerprint density at radius 2 is 0.812 bits per heavy atom. The summed E-state index contributed by atoms with van der Waals surface area (Å²) in [5.74, 6) is 1.79. The second-order valence-electron chi connectivity index (χ2n) is 16.4. The Hall–Kier alpha value is -8.67. The largest absolute Gasteiger partial charge is 0.456 e. The van der Waals surface area contributed by atoms with E-state index in [2.05, 4.69) is 174 Å². The van der Waals surface area contributed by atoms with Crippen molar-refractivity contribution >= 4 is 65.3 Å². The minimum atomic E-state index is 0.578. The molecule has 298 valence electrons. The predicted molar refractivity (Wildman–Crippen MR) is 264 cm³/mol. The highest BCUT2D eigenvalue weighted by Crippen LogP contribution is 2.44. The quantitative estimate of drug-likeness (QED) is 0.168. The minimum absolute atomic E-state index is 0.578. The Morgan fingerprint density at radius 1 is 0.312 bits per heavy atom. The van der Waals surface area contributed by atoms with E-state index in [-0.39, 0.29) is 0 Å². The van der Waals surface area contributed by atoms with Gasteiger partial charge in [0.05, 0.1) is 16.7 Å². The molecule has 0 bridgehead atoms. The second-order valence-corrected chi connectivity index (χ2v) is 16.4. The van der Waals surface area contributed by atoms with Crippen molar-refractivity contribution in [2.24, 2.45) is 0 Å². The van der Waals surface area contributed by atoms with Crippen LogP contribution in [0, 0.1) is 0 Å². The first-order chi connectivity index (χ1) is 31.7. The molecule has 5 nitrogen and oxygen atoms in total. The zero-order valence-electron chi connectivity index (χ0n) is 34.5. The van der Waals surface area contributed by atoms with Crippen LogP contribution < -0.4 is 0 Å². The van der Waals surface area contributed by atoms with Crippen molar-refractivity contribution in [3.63, 3.8) is 0 Å². The maximum Gasteiger partial charge on any atom is 0.164 e. The average Bonchev–Trinajstić information content (AvgIpc) is 3.89. The van der Waals surface area contributed by atoms with Gasteiger partial charge in [-0.25, -0.2) is 15.0 Å². The van der Waals surface area contributed by atoms with Crippen molar-refractivity contribution in [3.8, 4) is 62.1 Å². The van der Waals surface area contributed by atoms with Crippen LogP contribution in [0.25, 0.3) is 127 Å². The molecule has 5 heteroatoms. The van der Waals surface area contributed by atoms with E-state index in [0.29, 0.717) is 17.5 Å². The van der Waals surface area contributed by atoms with E-state index in [1.54, 1.807) is 0 Å². The lowest BCUT2D eigenvalue weighted by Gasteiger charge is -2.15. The number of fused-ring (bicyclic) bond motifs is 8. The molecule has 3 aromatic heterocycles. The molecule has 0 aliphatic heterocycles. The number of benzene rings is 10. The van der Waals surface area contributed by atoms with Gasteiger partial charge in [0.15, 0.2) is 17.5 Å². The highest BCUT2D eigenvalue weighted by molar-refractivity contribution is 6.18. The molecule has 0 saturated heterocycles. The summed E-state index contributed by atoms with van der Waals surface area (Å²) in [6.07, 6.45) is 0. The van der Waals surface area contributed by atoms with Crippen LogP contribution >= 0.6 is 0 Å². The fraction of sp³-hybridized carbons (Fsp3) is 0. The summed E-state index contributed by atoms with van der Waals surface area (Å²) in [5, 5.41) is 9.17. The van der Waals surface area contributed by atoms with Gasteiger partial charge in [-0.1, -0.05) is 170 Å². The second kappa shape index (κ2) is 14.5. The maximum atomic E-state index is 6.92. The Labute approximate surface area is 368 Å². The van der Waals surface area contributed by atoms with Gasteiger partial charge in [-0.05, 0) is 80.7 Å². The standard InChI is InChI=1S/C59H36N4O/c1-4-16-37(17-5-1)40-26-14-27-45(30-40)58-60-57(39-20-8-3-9-21-39)61-59(62-58)46-28-15-29-54-56(46)50-35-47(38-18-6-2-7-19-38)53(36-55(50)64-54)63-51-33-43-24-12-10-22-41(43)31-48(51)49-32-42-23-11-13-25-44(42)34-52(49)63/h1-36H. The Kier molecular flexibility index (Phi) is 8.15. The molecule has 3 heterocycles. The fourth-order valence-corrected chi connectivity index (χ4v) is 9.54. The van der Waals surface area contributed by atoms with Gasteiger partial charge in [0, 0.05) is 49.9 Å². The third kappa shape index (κ3) is 5.90. The third-order valence-electron chi connectivity index (χ3n) is 12.6. The minimum Gasteiger partial charge on any atom is -0.456 e. The van der Waals surface area contributed by atoms with E-state index in [1.165, 1.54) is 32.3 Å². The first-order valence-electron chi connectivity index (χ1n) is 21.6. The van der Waals surface area contributed by atoms with Crippen LogP contribution in [0.3, 0.4) is 0 Å². The molecular weight excluding hydrogens is 781 g/mol. The molecular formula is C59H36N4O. The summed E-state index contributed by atoms with van der Waals surface area (Å²) in [6.45, 7) is 0. The van der Waals surface area contributed by atoms with Gasteiger partial charge in [-0.3, -0.25) is 0 Å². The zero-order chi connectivity index (χ0) is 42.1. The molecule has 0 amide bonds. The first kappa shape index (κ1) is 36.0. The highest BCUT2D eigenvalue weighted by atomic mass is 16.3. The molecule has 0 unspecified atom stereocenters. The van der Waals surface area contributed by atoms with Crippen LogP contribution in [0.15, 0.2) is 223 Å². The molecule has 0 N–H and O–H groups in total. The van der Waals surface area contributed by atoms with Crippen LogP contribution in [0.4, 0.5) is 0 Å². The smallest absolute Gasteiger partial charge is 0.164 e. The van der Waals surface area contributed by atoms with E-state index in [9.17, 15) is 0 Å². The van der Waals surface area contributed by atoms with E-state index in [1.807, 2.05) is 48.5 Å². The van der Waals surface area contributed by atoms with E-state index in [4.69, 9.17) is 19.4 Å². The van der Waals surface area contributed by atoms with Crippen LogP contribution in [0.1, 0.15) is 0 Å². The molecule has 0 fully saturated rings. The van der Waals surface area contributed by atoms with Crippen molar-refractivity contribution in [1.82, 2.24) is 19.5 Å². The predicted octanol–water partition coefficient (Wildman–Crippen LogP) is 15.5. The molecule has 0 aliphatic rings. The first-order valence-corrected chi connectivity index (χ1v) is 21.6. The van der Waals surface area contributed by atoms with Gasteiger partial charge in [0.1, 0.15) is 11.2 Å². The lowest BCUT2D eigenvalue weighted by atomic mass is 9.98. The molecule has 13 rings (SSSR count). The van der Waals surface area contributed by atoms with Crippen LogP contribution in [-0.2, 0) is 0 Å². The average molecular weight is 817 g/mol. The molecule has 13 aromatic rings. The third-order valence-corrected chi connectivity index (χ3v) is 12.6. The molecule has 0 atom stereocenters. The molecule has 0 saturated carbocycles. The highest BCUT2D eigenvalue weighted by Gasteiger charge is 2.23. The van der Waals surface area contributed by atoms with Gasteiger partial charge in [-0.15, -0.1) is 0 Å². The van der Waals surface area contributed by atoms with Crippen molar-refractivity contribution in [3.05, 3.63) is 218 Å². The van der Waals surface area contributed by atoms with E-state index < -0.39 is 0 Å². The summed E-state index contributed by atoms with van der Waals surface area (Å²) in [6, 6.07) is 77.0. The van der Waals surface area contributed by atoms with Crippen molar-refractivity contribution < 1.29 is 4.42 Å². The number of rotatable bonds is 6. The van der Waals surface area contributed by atoms with Gasteiger partial charge in [-0.2, -0.15) is 0 Å². The fourth-order valence-electron chi connectivity index (χ4n) is 9.54. The Bertz CT molecular complexity index is 3850. The Balaban J connectivity index is 1.08. The monoisotopic (exact) mass is 816 g/mol. The van der Waals surface area contributed by atoms with Crippen molar-refractivity contribution in [2.75, 3.05) is 0 Å². The Morgan fingerprint density at radius 3 is 1.45 bits per heavy atom. The number of hydrogen-bond acceptors (Lipinski definition) is 4. The summed E-state index contributed by atoms with van der Waals surface area (Å²) in [7, 11) is 0. The number of aromatic nitrogens is 4. The molecule has 0 aliphatic carbocycles. The summed E-state index contributed by atoms with van der Waals surface area (Å²) < 4.78 is 9.36. The SMILES string of the molecule is c1ccc(-c2cccc(-c3nc(-c4ccccc4)nc(-c4cccc5oc6cc(-n7c8cc9ccccc9cc8c8cc9ccccc9cc87)c(-c7ccccc7)cc6c45)n3)c2)cc1. The van der Waals surface area contributed by atoms with Crippen molar-refractivity contribution in [1.29, 1.82) is 0 Å². The zero-order valence-corrected chi connectivity index (χ0v) is 34.5. The van der Waals surface area contributed by atoms with Gasteiger partial charge >= 0.3 is 0 Å².